The first kappa shape index (κ1) is 13.8. The third kappa shape index (κ3) is 2.69. The molecular weight excluding hydrogens is 228 g/mol. The van der Waals surface area contributed by atoms with Crippen molar-refractivity contribution in [1.82, 2.24) is 10.2 Å². The maximum atomic E-state index is 12.8. The third-order valence-corrected chi connectivity index (χ3v) is 4.13. The minimum absolute atomic E-state index is 0.147. The monoisotopic (exact) mass is 254 g/mol. The molecule has 1 amide bonds. The van der Waals surface area contributed by atoms with Crippen LogP contribution in [0.25, 0.3) is 0 Å². The molecule has 2 heterocycles. The Kier molecular flexibility index (Phi) is 4.28. The van der Waals surface area contributed by atoms with Gasteiger partial charge >= 0.3 is 0 Å². The van der Waals surface area contributed by atoms with Gasteiger partial charge in [-0.05, 0) is 33.2 Å². The number of nitrogens with one attached hydrogen (secondary N) is 1. The predicted octanol–water partition coefficient (Wildman–Crippen LogP) is 1.40. The first-order valence-electron chi connectivity index (χ1n) is 7.23. The molecule has 0 radical (unpaired) electrons. The second-order valence-corrected chi connectivity index (χ2v) is 5.92. The number of ether oxygens (including phenoxy) is 1. The first-order chi connectivity index (χ1) is 8.57. The summed E-state index contributed by atoms with van der Waals surface area (Å²) in [5.74, 6) is 0.344. The van der Waals surface area contributed by atoms with Gasteiger partial charge in [-0.1, -0.05) is 13.3 Å². The first-order valence-corrected chi connectivity index (χ1v) is 7.23. The quantitative estimate of drug-likeness (QED) is 0.828. The summed E-state index contributed by atoms with van der Waals surface area (Å²) in [7, 11) is 0. The minimum Gasteiger partial charge on any atom is -0.372 e. The molecule has 2 rings (SSSR count). The fourth-order valence-corrected chi connectivity index (χ4v) is 3.40. The van der Waals surface area contributed by atoms with Crippen LogP contribution in [-0.4, -0.2) is 49.2 Å². The van der Waals surface area contributed by atoms with Crippen molar-refractivity contribution in [3.63, 3.8) is 0 Å². The Morgan fingerprint density at radius 2 is 2.06 bits per heavy atom. The topological polar surface area (TPSA) is 41.6 Å². The number of amides is 1. The summed E-state index contributed by atoms with van der Waals surface area (Å²) in [6.07, 6.45) is 3.37. The smallest absolute Gasteiger partial charge is 0.230 e. The molecule has 4 heteroatoms. The van der Waals surface area contributed by atoms with Gasteiger partial charge in [0.15, 0.2) is 0 Å². The summed E-state index contributed by atoms with van der Waals surface area (Å²) >= 11 is 0. The van der Waals surface area contributed by atoms with E-state index in [4.69, 9.17) is 4.74 Å². The van der Waals surface area contributed by atoms with Gasteiger partial charge in [0.1, 0.15) is 0 Å². The summed E-state index contributed by atoms with van der Waals surface area (Å²) in [4.78, 5) is 14.9. The Hall–Kier alpha value is -0.610. The molecule has 3 atom stereocenters. The molecule has 1 N–H and O–H groups in total. The molecule has 0 spiro atoms. The number of carbonyl (C=O) groups excluding carboxylic acids is 1. The fraction of sp³-hybridized carbons (Fsp3) is 0.929. The molecule has 104 valence electrons. The van der Waals surface area contributed by atoms with Crippen molar-refractivity contribution in [2.24, 2.45) is 5.41 Å². The van der Waals surface area contributed by atoms with Crippen molar-refractivity contribution in [1.29, 1.82) is 0 Å². The third-order valence-electron chi connectivity index (χ3n) is 4.13. The highest BCUT2D eigenvalue weighted by molar-refractivity contribution is 5.83. The van der Waals surface area contributed by atoms with Gasteiger partial charge in [-0.3, -0.25) is 4.79 Å². The standard InChI is InChI=1S/C14H26N2O2/c1-4-5-14(6-7-15-10-14)13(17)16-8-11(2)18-12(3)9-16/h11-12,15H,4-10H2,1-3H3/t11-,12+,14?. The second-order valence-electron chi connectivity index (χ2n) is 5.92. The zero-order valence-corrected chi connectivity index (χ0v) is 11.9. The maximum absolute atomic E-state index is 12.8. The number of hydrogen-bond acceptors (Lipinski definition) is 3. The van der Waals surface area contributed by atoms with Crippen LogP contribution < -0.4 is 5.32 Å². The van der Waals surface area contributed by atoms with Crippen LogP contribution in [0.4, 0.5) is 0 Å². The summed E-state index contributed by atoms with van der Waals surface area (Å²) in [5, 5.41) is 3.36. The molecule has 0 aliphatic carbocycles. The van der Waals surface area contributed by atoms with E-state index in [2.05, 4.69) is 26.1 Å². The Morgan fingerprint density at radius 3 is 2.56 bits per heavy atom. The molecule has 2 fully saturated rings. The van der Waals surface area contributed by atoms with Crippen LogP contribution in [0.2, 0.25) is 0 Å². The number of hydrogen-bond donors (Lipinski definition) is 1. The average Bonchev–Trinajstić information content (AvgIpc) is 2.77. The zero-order chi connectivity index (χ0) is 13.2. The molecule has 2 aliphatic heterocycles. The average molecular weight is 254 g/mol. The van der Waals surface area contributed by atoms with E-state index in [-0.39, 0.29) is 17.6 Å². The number of nitrogens with zero attached hydrogens (tertiary/aromatic N) is 1. The summed E-state index contributed by atoms with van der Waals surface area (Å²) < 4.78 is 5.71. The predicted molar refractivity (Wildman–Crippen MR) is 71.4 cm³/mol. The molecule has 4 nitrogen and oxygen atoms in total. The van der Waals surface area contributed by atoms with Crippen molar-refractivity contribution in [2.75, 3.05) is 26.2 Å². The highest BCUT2D eigenvalue weighted by atomic mass is 16.5. The zero-order valence-electron chi connectivity index (χ0n) is 11.9. The van der Waals surface area contributed by atoms with Crippen molar-refractivity contribution in [2.45, 2.75) is 52.2 Å². The molecule has 1 unspecified atom stereocenters. The largest absolute Gasteiger partial charge is 0.372 e. The van der Waals surface area contributed by atoms with E-state index < -0.39 is 0 Å². The number of carbonyl (C=O) groups is 1. The molecule has 0 aromatic heterocycles. The summed E-state index contributed by atoms with van der Waals surface area (Å²) in [6, 6.07) is 0. The van der Waals surface area contributed by atoms with Gasteiger partial charge in [-0.15, -0.1) is 0 Å². The molecule has 2 aliphatic rings. The Bertz CT molecular complexity index is 290. The van der Waals surface area contributed by atoms with Gasteiger partial charge in [0.2, 0.25) is 5.91 Å². The Morgan fingerprint density at radius 1 is 1.39 bits per heavy atom. The molecule has 2 saturated heterocycles. The molecule has 18 heavy (non-hydrogen) atoms. The van der Waals surface area contributed by atoms with E-state index in [9.17, 15) is 4.79 Å². The molecule has 0 aromatic rings. The van der Waals surface area contributed by atoms with E-state index in [1.54, 1.807) is 0 Å². The molecule has 0 aromatic carbocycles. The van der Waals surface area contributed by atoms with Gasteiger partial charge in [0, 0.05) is 19.6 Å². The molecular formula is C14H26N2O2. The van der Waals surface area contributed by atoms with Gasteiger partial charge < -0.3 is 15.0 Å². The van der Waals surface area contributed by atoms with E-state index >= 15 is 0 Å². The highest BCUT2D eigenvalue weighted by Crippen LogP contribution is 2.34. The van der Waals surface area contributed by atoms with Crippen molar-refractivity contribution in [3.8, 4) is 0 Å². The van der Waals surface area contributed by atoms with Gasteiger partial charge in [0.25, 0.3) is 0 Å². The lowest BCUT2D eigenvalue weighted by atomic mass is 9.80. The van der Waals surface area contributed by atoms with Gasteiger partial charge in [0.05, 0.1) is 17.6 Å². The van der Waals surface area contributed by atoms with Crippen LogP contribution in [0.5, 0.6) is 0 Å². The maximum Gasteiger partial charge on any atom is 0.230 e. The van der Waals surface area contributed by atoms with Crippen molar-refractivity contribution >= 4 is 5.91 Å². The Balaban J connectivity index is 2.08. The van der Waals surface area contributed by atoms with Crippen LogP contribution in [-0.2, 0) is 9.53 Å². The SMILES string of the molecule is CCCC1(C(=O)N2C[C@@H](C)O[C@@H](C)C2)CCNC1. The second kappa shape index (κ2) is 5.57. The van der Waals surface area contributed by atoms with Crippen LogP contribution in [0.3, 0.4) is 0 Å². The van der Waals surface area contributed by atoms with Gasteiger partial charge in [-0.25, -0.2) is 0 Å². The van der Waals surface area contributed by atoms with Crippen LogP contribution in [0, 0.1) is 5.41 Å². The lowest BCUT2D eigenvalue weighted by molar-refractivity contribution is -0.153. The lowest BCUT2D eigenvalue weighted by Crippen LogP contribution is -2.53. The van der Waals surface area contributed by atoms with Crippen LogP contribution in [0.15, 0.2) is 0 Å². The van der Waals surface area contributed by atoms with Crippen molar-refractivity contribution in [3.05, 3.63) is 0 Å². The van der Waals surface area contributed by atoms with Gasteiger partial charge in [-0.2, -0.15) is 0 Å². The highest BCUT2D eigenvalue weighted by Gasteiger charge is 2.44. The normalized spacial score (nSPS) is 36.9. The van der Waals surface area contributed by atoms with E-state index in [1.165, 1.54) is 0 Å². The molecule has 0 bridgehead atoms. The number of rotatable bonds is 3. The molecule has 0 saturated carbocycles. The van der Waals surface area contributed by atoms with E-state index in [1.807, 2.05) is 4.90 Å². The van der Waals surface area contributed by atoms with Crippen molar-refractivity contribution < 1.29 is 9.53 Å². The van der Waals surface area contributed by atoms with E-state index in [0.29, 0.717) is 5.91 Å². The lowest BCUT2D eigenvalue weighted by Gasteiger charge is -2.40. The Labute approximate surface area is 110 Å². The fourth-order valence-electron chi connectivity index (χ4n) is 3.40. The van der Waals surface area contributed by atoms with Crippen LogP contribution in [0.1, 0.15) is 40.0 Å². The summed E-state index contributed by atoms with van der Waals surface area (Å²) in [6.45, 7) is 9.58. The number of morpholine rings is 1. The van der Waals surface area contributed by atoms with Crippen LogP contribution >= 0.6 is 0 Å². The van der Waals surface area contributed by atoms with E-state index in [0.717, 1.165) is 45.4 Å². The summed E-state index contributed by atoms with van der Waals surface area (Å²) in [5.41, 5.74) is -0.147. The minimum atomic E-state index is -0.147.